The van der Waals surface area contributed by atoms with Crippen LogP contribution in [0.25, 0.3) is 11.5 Å². The highest BCUT2D eigenvalue weighted by atomic mass is 32.2. The monoisotopic (exact) mass is 335 g/mol. The van der Waals surface area contributed by atoms with Gasteiger partial charge in [0.15, 0.2) is 5.82 Å². The predicted molar refractivity (Wildman–Crippen MR) is 81.9 cm³/mol. The molecule has 0 amide bonds. The largest absolute Gasteiger partial charge is 0.378 e. The van der Waals surface area contributed by atoms with Gasteiger partial charge in [0, 0.05) is 12.1 Å². The molecule has 23 heavy (non-hydrogen) atoms. The lowest BCUT2D eigenvalue weighted by Gasteiger charge is -2.32. The van der Waals surface area contributed by atoms with Crippen LogP contribution in [0.2, 0.25) is 0 Å². The van der Waals surface area contributed by atoms with Gasteiger partial charge in [0.1, 0.15) is 6.04 Å². The topological polar surface area (TPSA) is 85.5 Å². The summed E-state index contributed by atoms with van der Waals surface area (Å²) >= 11 is 0. The second-order valence-electron chi connectivity index (χ2n) is 5.77. The molecule has 7 nitrogen and oxygen atoms in total. The Hall–Kier alpha value is -1.77. The third kappa shape index (κ3) is 2.77. The van der Waals surface area contributed by atoms with E-state index in [1.54, 1.807) is 0 Å². The number of rotatable bonds is 4. The van der Waals surface area contributed by atoms with Crippen molar-refractivity contribution >= 4 is 10.0 Å². The molecule has 0 spiro atoms. The average molecular weight is 335 g/mol. The highest BCUT2D eigenvalue weighted by molar-refractivity contribution is 7.90. The summed E-state index contributed by atoms with van der Waals surface area (Å²) in [5, 5.41) is 3.73. The van der Waals surface area contributed by atoms with Gasteiger partial charge in [0.2, 0.25) is 10.0 Å². The molecule has 1 aromatic carbocycles. The Bertz CT molecular complexity index is 786. The molecule has 4 rings (SSSR count). The lowest BCUT2D eigenvalue weighted by molar-refractivity contribution is 0.0281. The Morgan fingerprint density at radius 1 is 1.17 bits per heavy atom. The Morgan fingerprint density at radius 3 is 2.70 bits per heavy atom. The normalized spacial score (nSPS) is 23.0. The van der Waals surface area contributed by atoms with Crippen LogP contribution in [0.5, 0.6) is 0 Å². The minimum Gasteiger partial charge on any atom is -0.378 e. The van der Waals surface area contributed by atoms with Crippen molar-refractivity contribution in [2.24, 2.45) is 0 Å². The molecule has 1 saturated heterocycles. The van der Waals surface area contributed by atoms with Crippen molar-refractivity contribution in [2.75, 3.05) is 19.8 Å². The zero-order chi connectivity index (χ0) is 15.9. The maximum atomic E-state index is 12.6. The first-order chi connectivity index (χ1) is 11.2. The van der Waals surface area contributed by atoms with Crippen LogP contribution in [0.15, 0.2) is 34.9 Å². The van der Waals surface area contributed by atoms with Gasteiger partial charge in [-0.15, -0.1) is 0 Å². The SMILES string of the molecule is O=S(=O)(C1CC1)N1CCOC[C@@H]1c1noc(-c2ccccc2)n1. The molecule has 2 aliphatic rings. The smallest absolute Gasteiger partial charge is 0.257 e. The number of aromatic nitrogens is 2. The van der Waals surface area contributed by atoms with Crippen LogP contribution in [-0.2, 0) is 14.8 Å². The van der Waals surface area contributed by atoms with E-state index in [4.69, 9.17) is 9.26 Å². The maximum Gasteiger partial charge on any atom is 0.257 e. The Balaban J connectivity index is 1.64. The highest BCUT2D eigenvalue weighted by Crippen LogP contribution is 2.36. The van der Waals surface area contributed by atoms with E-state index >= 15 is 0 Å². The minimum absolute atomic E-state index is 0.250. The molecule has 1 atom stereocenters. The van der Waals surface area contributed by atoms with Gasteiger partial charge in [-0.25, -0.2) is 8.42 Å². The van der Waals surface area contributed by atoms with Crippen molar-refractivity contribution < 1.29 is 17.7 Å². The molecule has 0 radical (unpaired) electrons. The summed E-state index contributed by atoms with van der Waals surface area (Å²) in [6.07, 6.45) is 1.46. The van der Waals surface area contributed by atoms with Gasteiger partial charge in [-0.1, -0.05) is 23.4 Å². The summed E-state index contributed by atoms with van der Waals surface area (Å²) in [5.41, 5.74) is 0.805. The second kappa shape index (κ2) is 5.70. The number of morpholine rings is 1. The summed E-state index contributed by atoms with van der Waals surface area (Å²) in [6.45, 7) is 0.976. The zero-order valence-corrected chi connectivity index (χ0v) is 13.3. The van der Waals surface area contributed by atoms with Gasteiger partial charge >= 0.3 is 0 Å². The molecule has 1 aliphatic carbocycles. The van der Waals surface area contributed by atoms with Crippen molar-refractivity contribution in [3.05, 3.63) is 36.2 Å². The fourth-order valence-corrected chi connectivity index (χ4v) is 4.68. The van der Waals surface area contributed by atoms with E-state index < -0.39 is 16.1 Å². The third-order valence-electron chi connectivity index (χ3n) is 4.11. The zero-order valence-electron chi connectivity index (χ0n) is 12.5. The Kier molecular flexibility index (Phi) is 3.67. The van der Waals surface area contributed by atoms with Crippen LogP contribution in [0.3, 0.4) is 0 Å². The van der Waals surface area contributed by atoms with E-state index in [1.807, 2.05) is 30.3 Å². The van der Waals surface area contributed by atoms with E-state index in [0.717, 1.165) is 18.4 Å². The van der Waals surface area contributed by atoms with Crippen molar-refractivity contribution in [2.45, 2.75) is 24.1 Å². The molecule has 0 bridgehead atoms. The third-order valence-corrected chi connectivity index (χ3v) is 6.52. The molecule has 2 aromatic rings. The summed E-state index contributed by atoms with van der Waals surface area (Å²) in [7, 11) is -3.31. The summed E-state index contributed by atoms with van der Waals surface area (Å²) in [4.78, 5) is 4.38. The molecule has 0 N–H and O–H groups in total. The fourth-order valence-electron chi connectivity index (χ4n) is 2.72. The molecular weight excluding hydrogens is 318 g/mol. The molecular formula is C15H17N3O4S. The molecule has 0 unspecified atom stereocenters. The average Bonchev–Trinajstić information content (AvgIpc) is 3.34. The highest BCUT2D eigenvalue weighted by Gasteiger charge is 2.45. The van der Waals surface area contributed by atoms with Gasteiger partial charge in [-0.2, -0.15) is 9.29 Å². The van der Waals surface area contributed by atoms with Gasteiger partial charge in [0.25, 0.3) is 5.89 Å². The number of sulfonamides is 1. The van der Waals surface area contributed by atoms with E-state index in [0.29, 0.717) is 24.9 Å². The van der Waals surface area contributed by atoms with Gasteiger partial charge in [0.05, 0.1) is 18.5 Å². The van der Waals surface area contributed by atoms with Crippen LogP contribution in [0, 0.1) is 0 Å². The number of nitrogens with zero attached hydrogens (tertiary/aromatic N) is 3. The van der Waals surface area contributed by atoms with Crippen molar-refractivity contribution in [3.8, 4) is 11.5 Å². The number of hydrogen-bond acceptors (Lipinski definition) is 6. The summed E-state index contributed by atoms with van der Waals surface area (Å²) in [6, 6.07) is 8.88. The molecule has 1 aliphatic heterocycles. The van der Waals surface area contributed by atoms with Crippen molar-refractivity contribution in [3.63, 3.8) is 0 Å². The molecule has 1 saturated carbocycles. The van der Waals surface area contributed by atoms with Crippen LogP contribution < -0.4 is 0 Å². The predicted octanol–water partition coefficient (Wildman–Crippen LogP) is 1.60. The second-order valence-corrected chi connectivity index (χ2v) is 7.94. The van der Waals surface area contributed by atoms with Gasteiger partial charge in [-0.05, 0) is 25.0 Å². The van der Waals surface area contributed by atoms with E-state index in [1.165, 1.54) is 4.31 Å². The lowest BCUT2D eigenvalue weighted by atomic mass is 10.2. The van der Waals surface area contributed by atoms with Crippen molar-refractivity contribution in [1.29, 1.82) is 0 Å². The van der Waals surface area contributed by atoms with Crippen LogP contribution in [0.4, 0.5) is 0 Å². The van der Waals surface area contributed by atoms with E-state index in [2.05, 4.69) is 10.1 Å². The molecule has 8 heteroatoms. The lowest BCUT2D eigenvalue weighted by Crippen LogP contribution is -2.45. The molecule has 122 valence electrons. The molecule has 1 aromatic heterocycles. The quantitative estimate of drug-likeness (QED) is 0.844. The fraction of sp³-hybridized carbons (Fsp3) is 0.467. The molecule has 2 heterocycles. The Morgan fingerprint density at radius 2 is 1.96 bits per heavy atom. The van der Waals surface area contributed by atoms with Gasteiger partial charge in [-0.3, -0.25) is 0 Å². The number of hydrogen-bond donors (Lipinski definition) is 0. The minimum atomic E-state index is -3.31. The first-order valence-electron chi connectivity index (χ1n) is 7.64. The van der Waals surface area contributed by atoms with Crippen LogP contribution >= 0.6 is 0 Å². The van der Waals surface area contributed by atoms with Crippen molar-refractivity contribution in [1.82, 2.24) is 14.4 Å². The molecule has 2 fully saturated rings. The Labute approximate surface area is 134 Å². The van der Waals surface area contributed by atoms with Crippen LogP contribution in [-0.4, -0.2) is 47.9 Å². The van der Waals surface area contributed by atoms with Crippen LogP contribution in [0.1, 0.15) is 24.7 Å². The first-order valence-corrected chi connectivity index (χ1v) is 9.14. The summed E-state index contributed by atoms with van der Waals surface area (Å²) in [5.74, 6) is 0.739. The van der Waals surface area contributed by atoms with E-state index in [9.17, 15) is 8.42 Å². The summed E-state index contributed by atoms with van der Waals surface area (Å²) < 4.78 is 37.4. The maximum absolute atomic E-state index is 12.6. The number of ether oxygens (including phenoxy) is 1. The number of benzene rings is 1. The standard InChI is InChI=1S/C15H17N3O4S/c19-23(20,12-6-7-12)18-8-9-21-10-13(18)14-16-15(22-17-14)11-4-2-1-3-5-11/h1-5,12-13H,6-10H2/t13-/m1/s1. The first kappa shape index (κ1) is 14.8. The van der Waals surface area contributed by atoms with E-state index in [-0.39, 0.29) is 11.9 Å². The van der Waals surface area contributed by atoms with Gasteiger partial charge < -0.3 is 9.26 Å².